The van der Waals surface area contributed by atoms with Crippen LogP contribution in [0.5, 0.6) is 0 Å². The Bertz CT molecular complexity index is 198. The number of likely N-dealkylation sites (tertiary alicyclic amines) is 1. The number of nitrogens with two attached hydrogens (primary N) is 1. The minimum Gasteiger partial charge on any atom is -0.329 e. The molecule has 2 nitrogen and oxygen atoms in total. The van der Waals surface area contributed by atoms with E-state index in [1.807, 2.05) is 0 Å². The fourth-order valence-electron chi connectivity index (χ4n) is 3.23. The van der Waals surface area contributed by atoms with Gasteiger partial charge in [0, 0.05) is 25.5 Å². The van der Waals surface area contributed by atoms with E-state index >= 15 is 0 Å². The summed E-state index contributed by atoms with van der Waals surface area (Å²) in [5.74, 6) is 1.65. The van der Waals surface area contributed by atoms with Crippen LogP contribution in [0.2, 0.25) is 0 Å². The lowest BCUT2D eigenvalue weighted by Crippen LogP contribution is -2.30. The van der Waals surface area contributed by atoms with Crippen LogP contribution in [-0.4, -0.2) is 37.0 Å². The average Bonchev–Trinajstić information content (AvgIpc) is 2.76. The van der Waals surface area contributed by atoms with Gasteiger partial charge in [-0.05, 0) is 43.6 Å². The van der Waals surface area contributed by atoms with Crippen molar-refractivity contribution in [3.63, 3.8) is 0 Å². The lowest BCUT2D eigenvalue weighted by Gasteiger charge is -2.24. The van der Waals surface area contributed by atoms with E-state index in [2.05, 4.69) is 4.90 Å². The molecule has 1 spiro atoms. The zero-order valence-electron chi connectivity index (χ0n) is 8.84. The van der Waals surface area contributed by atoms with Crippen LogP contribution in [0.4, 0.5) is 0 Å². The molecule has 14 heavy (non-hydrogen) atoms. The largest absolute Gasteiger partial charge is 0.329 e. The van der Waals surface area contributed by atoms with Gasteiger partial charge in [-0.2, -0.15) is 0 Å². The molecule has 0 aromatic carbocycles. The molecule has 0 aromatic rings. The molecule has 0 aromatic heterocycles. The zero-order chi connectivity index (χ0) is 10.0. The number of alkyl halides is 1. The molecule has 0 unspecified atom stereocenters. The van der Waals surface area contributed by atoms with Crippen LogP contribution < -0.4 is 5.73 Å². The average molecular weight is 217 g/mol. The van der Waals surface area contributed by atoms with Gasteiger partial charge < -0.3 is 10.6 Å². The summed E-state index contributed by atoms with van der Waals surface area (Å²) in [7, 11) is 0. The molecule has 2 atom stereocenters. The van der Waals surface area contributed by atoms with E-state index in [1.165, 1.54) is 38.8 Å². The third-order valence-electron chi connectivity index (χ3n) is 3.99. The predicted octanol–water partition coefficient (Wildman–Crippen LogP) is 1.68. The van der Waals surface area contributed by atoms with Crippen LogP contribution in [0.25, 0.3) is 0 Å². The summed E-state index contributed by atoms with van der Waals surface area (Å²) in [6, 6.07) is 0. The molecule has 3 heteroatoms. The number of nitrogens with zero attached hydrogens (tertiary/aromatic N) is 1. The van der Waals surface area contributed by atoms with Crippen molar-refractivity contribution in [1.82, 2.24) is 4.90 Å². The summed E-state index contributed by atoms with van der Waals surface area (Å²) < 4.78 is 0. The van der Waals surface area contributed by atoms with Crippen LogP contribution in [0.1, 0.15) is 25.7 Å². The van der Waals surface area contributed by atoms with Crippen molar-refractivity contribution in [3.05, 3.63) is 0 Å². The van der Waals surface area contributed by atoms with E-state index in [0.29, 0.717) is 5.41 Å². The highest BCUT2D eigenvalue weighted by Gasteiger charge is 2.43. The maximum Gasteiger partial charge on any atom is 0.0251 e. The van der Waals surface area contributed by atoms with Crippen molar-refractivity contribution in [2.75, 3.05) is 32.1 Å². The molecule has 2 N–H and O–H groups in total. The minimum absolute atomic E-state index is 0.620. The van der Waals surface area contributed by atoms with Crippen LogP contribution in [0.3, 0.4) is 0 Å². The molecular weight excluding hydrogens is 196 g/mol. The molecular formula is C11H21ClN2. The summed E-state index contributed by atoms with van der Waals surface area (Å²) in [5, 5.41) is 0. The Morgan fingerprint density at radius 3 is 2.93 bits per heavy atom. The highest BCUT2D eigenvalue weighted by molar-refractivity contribution is 6.18. The Labute approximate surface area is 91.8 Å². The van der Waals surface area contributed by atoms with E-state index in [0.717, 1.165) is 24.9 Å². The van der Waals surface area contributed by atoms with E-state index in [-0.39, 0.29) is 0 Å². The Morgan fingerprint density at radius 1 is 1.43 bits per heavy atom. The maximum absolute atomic E-state index is 5.93. The highest BCUT2D eigenvalue weighted by atomic mass is 35.5. The summed E-state index contributed by atoms with van der Waals surface area (Å²) >= 11 is 5.93. The van der Waals surface area contributed by atoms with Gasteiger partial charge in [0.15, 0.2) is 0 Å². The molecule has 2 fully saturated rings. The molecule has 2 rings (SSSR count). The Hall–Kier alpha value is 0.210. The Balaban J connectivity index is 1.87. The number of hydrogen-bond donors (Lipinski definition) is 1. The normalized spacial score (nSPS) is 38.6. The fourth-order valence-corrected chi connectivity index (χ4v) is 3.49. The number of halogens is 1. The molecule has 1 saturated carbocycles. The van der Waals surface area contributed by atoms with Gasteiger partial charge in [-0.15, -0.1) is 11.6 Å². The topological polar surface area (TPSA) is 29.3 Å². The summed E-state index contributed by atoms with van der Waals surface area (Å²) in [6.45, 7) is 4.41. The second-order valence-electron chi connectivity index (χ2n) is 5.08. The first-order valence-corrected chi connectivity index (χ1v) is 6.30. The third-order valence-corrected chi connectivity index (χ3v) is 4.42. The van der Waals surface area contributed by atoms with Gasteiger partial charge in [0.2, 0.25) is 0 Å². The Morgan fingerprint density at radius 2 is 2.29 bits per heavy atom. The van der Waals surface area contributed by atoms with Crippen molar-refractivity contribution < 1.29 is 0 Å². The zero-order valence-corrected chi connectivity index (χ0v) is 9.60. The maximum atomic E-state index is 5.93. The predicted molar refractivity (Wildman–Crippen MR) is 60.6 cm³/mol. The highest BCUT2D eigenvalue weighted by Crippen LogP contribution is 2.48. The van der Waals surface area contributed by atoms with Gasteiger partial charge in [0.05, 0.1) is 0 Å². The number of rotatable bonds is 3. The monoisotopic (exact) mass is 216 g/mol. The molecule has 0 amide bonds. The van der Waals surface area contributed by atoms with Crippen molar-refractivity contribution in [2.45, 2.75) is 25.7 Å². The van der Waals surface area contributed by atoms with E-state index < -0.39 is 0 Å². The summed E-state index contributed by atoms with van der Waals surface area (Å²) in [6.07, 6.45) is 5.48. The van der Waals surface area contributed by atoms with Crippen LogP contribution in [0.15, 0.2) is 0 Å². The first-order chi connectivity index (χ1) is 6.78. The molecule has 2 aliphatic rings. The van der Waals surface area contributed by atoms with Crippen LogP contribution >= 0.6 is 11.6 Å². The standard InChI is InChI=1S/C11H21ClN2/c12-8-10-1-2-11(7-10)3-5-14(9-11)6-4-13/h10H,1-9,13H2/t10-,11+/m1/s1. The van der Waals surface area contributed by atoms with Gasteiger partial charge in [-0.1, -0.05) is 0 Å². The SMILES string of the molecule is NCCN1CC[C@]2(CC[C@@H](CCl)C2)C1. The minimum atomic E-state index is 0.620. The quantitative estimate of drug-likeness (QED) is 0.728. The molecule has 1 aliphatic heterocycles. The van der Waals surface area contributed by atoms with Crippen molar-refractivity contribution in [3.8, 4) is 0 Å². The van der Waals surface area contributed by atoms with Gasteiger partial charge >= 0.3 is 0 Å². The van der Waals surface area contributed by atoms with Crippen LogP contribution in [-0.2, 0) is 0 Å². The lowest BCUT2D eigenvalue weighted by atomic mass is 9.85. The first kappa shape index (κ1) is 10.7. The van der Waals surface area contributed by atoms with Gasteiger partial charge in [0.25, 0.3) is 0 Å². The van der Waals surface area contributed by atoms with E-state index in [9.17, 15) is 0 Å². The lowest BCUT2D eigenvalue weighted by molar-refractivity contribution is 0.260. The molecule has 0 bridgehead atoms. The van der Waals surface area contributed by atoms with E-state index in [4.69, 9.17) is 17.3 Å². The third kappa shape index (κ3) is 2.07. The van der Waals surface area contributed by atoms with Gasteiger partial charge in [-0.3, -0.25) is 0 Å². The smallest absolute Gasteiger partial charge is 0.0251 e. The summed E-state index contributed by atoms with van der Waals surface area (Å²) in [5.41, 5.74) is 6.21. The van der Waals surface area contributed by atoms with E-state index in [1.54, 1.807) is 0 Å². The molecule has 1 heterocycles. The fraction of sp³-hybridized carbons (Fsp3) is 1.00. The molecule has 82 valence electrons. The second kappa shape index (κ2) is 4.38. The number of hydrogen-bond acceptors (Lipinski definition) is 2. The molecule has 1 aliphatic carbocycles. The Kier molecular flexibility index (Phi) is 3.35. The molecule has 1 saturated heterocycles. The van der Waals surface area contributed by atoms with Gasteiger partial charge in [0.1, 0.15) is 0 Å². The van der Waals surface area contributed by atoms with Crippen molar-refractivity contribution in [1.29, 1.82) is 0 Å². The second-order valence-corrected chi connectivity index (χ2v) is 5.39. The summed E-state index contributed by atoms with van der Waals surface area (Å²) in [4.78, 5) is 2.52. The van der Waals surface area contributed by atoms with Gasteiger partial charge in [-0.25, -0.2) is 0 Å². The van der Waals surface area contributed by atoms with Crippen LogP contribution in [0, 0.1) is 11.3 Å². The van der Waals surface area contributed by atoms with Crippen molar-refractivity contribution in [2.24, 2.45) is 17.1 Å². The molecule has 0 radical (unpaired) electrons. The van der Waals surface area contributed by atoms with Crippen molar-refractivity contribution >= 4 is 11.6 Å². The first-order valence-electron chi connectivity index (χ1n) is 5.76.